The Morgan fingerprint density at radius 2 is 1.88 bits per heavy atom. The fourth-order valence-corrected chi connectivity index (χ4v) is 3.40. The molecule has 0 amide bonds. The van der Waals surface area contributed by atoms with Crippen molar-refractivity contribution in [3.8, 4) is 5.75 Å². The third-order valence-corrected chi connectivity index (χ3v) is 5.21. The molecule has 3 aromatic rings. The lowest BCUT2D eigenvalue weighted by atomic mass is 9.99. The first-order valence-corrected chi connectivity index (χ1v) is 10.2. The molecule has 0 atom stereocenters. The van der Waals surface area contributed by atoms with E-state index in [1.54, 1.807) is 31.2 Å². The van der Waals surface area contributed by atoms with Crippen LogP contribution in [0.2, 0.25) is 0 Å². The normalized spacial score (nSPS) is 11.3. The van der Waals surface area contributed by atoms with Crippen molar-refractivity contribution in [2.75, 3.05) is 0 Å². The number of hydrogen-bond donors (Lipinski definition) is 3. The number of rotatable bonds is 9. The predicted molar refractivity (Wildman–Crippen MR) is 117 cm³/mol. The Morgan fingerprint density at radius 3 is 2.62 bits per heavy atom. The minimum atomic E-state index is -0.927. The van der Waals surface area contributed by atoms with Gasteiger partial charge in [0.15, 0.2) is 5.69 Å². The van der Waals surface area contributed by atoms with Crippen LogP contribution in [0.5, 0.6) is 5.75 Å². The fraction of sp³-hybridized carbons (Fsp3) is 0.304. The van der Waals surface area contributed by atoms with Crippen LogP contribution in [0, 0.1) is 19.7 Å². The zero-order valence-electron chi connectivity index (χ0n) is 17.9. The highest BCUT2D eigenvalue weighted by molar-refractivity contribution is 5.66. The molecule has 0 radical (unpaired) electrons. The monoisotopic (exact) mass is 440 g/mol. The van der Waals surface area contributed by atoms with Crippen LogP contribution >= 0.6 is 0 Å². The first kappa shape index (κ1) is 22.9. The third-order valence-electron chi connectivity index (χ3n) is 5.21. The van der Waals surface area contributed by atoms with Crippen LogP contribution in [-0.2, 0) is 24.2 Å². The summed E-state index contributed by atoms with van der Waals surface area (Å²) in [5, 5.41) is 30.3. The molecule has 1 heterocycles. The van der Waals surface area contributed by atoms with Crippen LogP contribution in [0.1, 0.15) is 35.2 Å². The summed E-state index contributed by atoms with van der Waals surface area (Å²) in [6.45, 7) is 3.80. The topological polar surface area (TPSA) is 120 Å². The van der Waals surface area contributed by atoms with Gasteiger partial charge in [-0.15, -0.1) is 10.2 Å². The number of H-pyrrole nitrogens is 1. The Kier molecular flexibility index (Phi) is 7.19. The minimum absolute atomic E-state index is 0.0414. The van der Waals surface area contributed by atoms with E-state index >= 15 is 0 Å². The van der Waals surface area contributed by atoms with Gasteiger partial charge in [-0.2, -0.15) is 0 Å². The molecule has 32 heavy (non-hydrogen) atoms. The maximum atomic E-state index is 13.5. The number of aromatic nitrogens is 2. The summed E-state index contributed by atoms with van der Waals surface area (Å²) in [4.78, 5) is 23.1. The molecule has 168 valence electrons. The number of para-hydroxylation sites is 1. The summed E-state index contributed by atoms with van der Waals surface area (Å²) >= 11 is 0. The van der Waals surface area contributed by atoms with E-state index in [4.69, 9.17) is 5.11 Å². The molecule has 1 aromatic heterocycles. The summed E-state index contributed by atoms with van der Waals surface area (Å²) in [7, 11) is 0. The Bertz CT molecular complexity index is 1210. The summed E-state index contributed by atoms with van der Waals surface area (Å²) in [6, 6.07) is 9.72. The molecule has 2 aromatic carbocycles. The van der Waals surface area contributed by atoms with Crippen molar-refractivity contribution in [3.05, 3.63) is 75.0 Å². The average Bonchev–Trinajstić information content (AvgIpc) is 3.01. The first-order chi connectivity index (χ1) is 15.3. The standard InChI is InChI=1S/C23H25FN4O4/c1-14-8-11-18(24)13-17(14)10-9-16-5-3-6-19(22(16)31)25-26-21-15(2)27-28(23(21)32)12-4-7-20(29)30/h3,5-6,8,11,13,27,31H,4,7,9-10,12H2,1-2H3,(H,29,30). The van der Waals surface area contributed by atoms with Crippen LogP contribution in [0.15, 0.2) is 51.4 Å². The maximum absolute atomic E-state index is 13.5. The van der Waals surface area contributed by atoms with Crippen molar-refractivity contribution < 1.29 is 19.4 Å². The molecule has 0 saturated carbocycles. The molecular formula is C23H25FN4O4. The summed E-state index contributed by atoms with van der Waals surface area (Å²) in [5.74, 6) is -1.27. The van der Waals surface area contributed by atoms with Gasteiger partial charge in [0, 0.05) is 13.0 Å². The Morgan fingerprint density at radius 1 is 1.12 bits per heavy atom. The molecule has 8 nitrogen and oxygen atoms in total. The van der Waals surface area contributed by atoms with Crippen molar-refractivity contribution in [2.45, 2.75) is 46.1 Å². The molecule has 9 heteroatoms. The van der Waals surface area contributed by atoms with Crippen LogP contribution in [0.25, 0.3) is 0 Å². The van der Waals surface area contributed by atoms with Crippen molar-refractivity contribution in [1.29, 1.82) is 0 Å². The van der Waals surface area contributed by atoms with Gasteiger partial charge in [0.2, 0.25) is 0 Å². The number of aliphatic carboxylic acids is 1. The highest BCUT2D eigenvalue weighted by Crippen LogP contribution is 2.32. The molecule has 0 unspecified atom stereocenters. The minimum Gasteiger partial charge on any atom is -0.505 e. The van der Waals surface area contributed by atoms with Gasteiger partial charge in [-0.25, -0.2) is 4.39 Å². The van der Waals surface area contributed by atoms with Crippen LogP contribution < -0.4 is 5.56 Å². The second-order valence-electron chi connectivity index (χ2n) is 7.60. The SMILES string of the molecule is Cc1ccc(F)cc1CCc1cccc(N=Nc2c(C)[nH]n(CCCC(=O)O)c2=O)c1O. The number of carbonyl (C=O) groups is 1. The first-order valence-electron chi connectivity index (χ1n) is 10.2. The lowest BCUT2D eigenvalue weighted by Crippen LogP contribution is -2.17. The van der Waals surface area contributed by atoms with E-state index in [0.717, 1.165) is 11.1 Å². The zero-order valence-corrected chi connectivity index (χ0v) is 17.9. The molecule has 0 aliphatic carbocycles. The van der Waals surface area contributed by atoms with Crippen molar-refractivity contribution >= 4 is 17.3 Å². The van der Waals surface area contributed by atoms with Crippen LogP contribution in [0.4, 0.5) is 15.8 Å². The summed E-state index contributed by atoms with van der Waals surface area (Å²) in [5.41, 5.74) is 2.88. The number of hydrogen-bond acceptors (Lipinski definition) is 5. The van der Waals surface area contributed by atoms with Gasteiger partial charge in [-0.05, 0) is 68.0 Å². The van der Waals surface area contributed by atoms with Crippen molar-refractivity contribution in [1.82, 2.24) is 9.78 Å². The summed E-state index contributed by atoms with van der Waals surface area (Å²) < 4.78 is 14.8. The Labute approximate surface area is 184 Å². The van der Waals surface area contributed by atoms with Gasteiger partial charge < -0.3 is 10.2 Å². The van der Waals surface area contributed by atoms with Crippen LogP contribution in [-0.4, -0.2) is 26.0 Å². The van der Waals surface area contributed by atoms with Crippen molar-refractivity contribution in [3.63, 3.8) is 0 Å². The molecule has 3 rings (SSSR count). The molecule has 0 spiro atoms. The van der Waals surface area contributed by atoms with E-state index < -0.39 is 11.5 Å². The largest absolute Gasteiger partial charge is 0.505 e. The number of halogens is 1. The van der Waals surface area contributed by atoms with Crippen LogP contribution in [0.3, 0.4) is 0 Å². The van der Waals surface area contributed by atoms with Crippen molar-refractivity contribution in [2.24, 2.45) is 10.2 Å². The van der Waals surface area contributed by atoms with Gasteiger partial charge in [-0.1, -0.05) is 18.2 Å². The number of phenols is 1. The number of azo groups is 1. The van der Waals surface area contributed by atoms with E-state index in [1.165, 1.54) is 16.8 Å². The lowest BCUT2D eigenvalue weighted by molar-refractivity contribution is -0.137. The third kappa shape index (κ3) is 5.48. The number of aromatic hydroxyl groups is 1. The smallest absolute Gasteiger partial charge is 0.303 e. The Hall–Kier alpha value is -3.75. The molecule has 0 aliphatic rings. The zero-order chi connectivity index (χ0) is 23.3. The predicted octanol–water partition coefficient (Wildman–Crippen LogP) is 4.70. The molecule has 0 bridgehead atoms. The second kappa shape index (κ2) is 10.0. The number of aromatic amines is 1. The number of aryl methyl sites for hydroxylation is 5. The van der Waals surface area contributed by atoms with Gasteiger partial charge in [0.25, 0.3) is 5.56 Å². The van der Waals surface area contributed by atoms with Gasteiger partial charge in [0.1, 0.15) is 17.3 Å². The Balaban J connectivity index is 1.76. The second-order valence-corrected chi connectivity index (χ2v) is 7.60. The molecule has 0 fully saturated rings. The average molecular weight is 440 g/mol. The van der Waals surface area contributed by atoms with E-state index in [0.29, 0.717) is 30.5 Å². The van der Waals surface area contributed by atoms with Gasteiger partial charge >= 0.3 is 5.97 Å². The number of benzene rings is 2. The number of carboxylic acids is 1. The van der Waals surface area contributed by atoms with Gasteiger partial charge in [0.05, 0.1) is 5.69 Å². The fourth-order valence-electron chi connectivity index (χ4n) is 3.40. The molecule has 3 N–H and O–H groups in total. The van der Waals surface area contributed by atoms with E-state index in [2.05, 4.69) is 15.3 Å². The summed E-state index contributed by atoms with van der Waals surface area (Å²) in [6.07, 6.45) is 1.30. The van der Waals surface area contributed by atoms with E-state index in [1.807, 2.05) is 6.92 Å². The van der Waals surface area contributed by atoms with E-state index in [9.17, 15) is 19.1 Å². The maximum Gasteiger partial charge on any atom is 0.303 e. The molecule has 0 aliphatic heterocycles. The lowest BCUT2D eigenvalue weighted by Gasteiger charge is -2.08. The number of carboxylic acid groups (broad SMARTS) is 1. The highest BCUT2D eigenvalue weighted by atomic mass is 19.1. The number of nitrogens with one attached hydrogen (secondary N) is 1. The van der Waals surface area contributed by atoms with Gasteiger partial charge in [-0.3, -0.25) is 19.4 Å². The molecular weight excluding hydrogens is 415 g/mol. The quantitative estimate of drug-likeness (QED) is 0.418. The molecule has 0 saturated heterocycles. The number of phenolic OH excluding ortho intramolecular Hbond substituents is 1. The van der Waals surface area contributed by atoms with E-state index in [-0.39, 0.29) is 35.9 Å². The number of nitrogens with zero attached hydrogens (tertiary/aromatic N) is 3. The highest BCUT2D eigenvalue weighted by Gasteiger charge is 2.13.